The number of thiophene rings is 1. The van der Waals surface area contributed by atoms with Gasteiger partial charge in [0, 0.05) is 28.6 Å². The summed E-state index contributed by atoms with van der Waals surface area (Å²) in [6.07, 6.45) is 2.48. The highest BCUT2D eigenvalue weighted by Crippen LogP contribution is 2.34. The number of rotatable bonds is 3. The molecule has 0 bridgehead atoms. The molecule has 2 heterocycles. The van der Waals surface area contributed by atoms with Gasteiger partial charge < -0.3 is 5.32 Å². The molecule has 0 aliphatic carbocycles. The molecule has 1 aromatic rings. The maximum absolute atomic E-state index is 11.4. The summed E-state index contributed by atoms with van der Waals surface area (Å²) < 4.78 is 0. The zero-order valence-corrected chi connectivity index (χ0v) is 11.1. The molecule has 0 spiro atoms. The predicted octanol–water partition coefficient (Wildman–Crippen LogP) is 3.25. The van der Waals surface area contributed by atoms with Crippen molar-refractivity contribution < 1.29 is 4.79 Å². The van der Waals surface area contributed by atoms with Crippen LogP contribution in [0.15, 0.2) is 11.4 Å². The normalized spacial score (nSPS) is 25.1. The van der Waals surface area contributed by atoms with Crippen molar-refractivity contribution in [3.8, 4) is 0 Å². The summed E-state index contributed by atoms with van der Waals surface area (Å²) in [6, 6.07) is 2.00. The molecular weight excluding hydrogens is 242 g/mol. The first kappa shape index (κ1) is 11.9. The molecule has 2 nitrogen and oxygen atoms in total. The summed E-state index contributed by atoms with van der Waals surface area (Å²) in [5, 5.41) is 5.89. The monoisotopic (exact) mass is 257 g/mol. The minimum absolute atomic E-state index is 0.0642. The molecule has 16 heavy (non-hydrogen) atoms. The quantitative estimate of drug-likeness (QED) is 0.885. The Morgan fingerprint density at radius 2 is 2.38 bits per heavy atom. The Labute approximate surface area is 105 Å². The van der Waals surface area contributed by atoms with Crippen LogP contribution in [0.5, 0.6) is 0 Å². The molecule has 1 fully saturated rings. The van der Waals surface area contributed by atoms with Crippen LogP contribution in [0.25, 0.3) is 0 Å². The van der Waals surface area contributed by atoms with Gasteiger partial charge in [-0.1, -0.05) is 25.4 Å². The highest BCUT2D eigenvalue weighted by molar-refractivity contribution is 7.10. The number of halogens is 1. The van der Waals surface area contributed by atoms with Crippen molar-refractivity contribution >= 4 is 28.8 Å². The maximum atomic E-state index is 11.4. The second-order valence-corrected chi connectivity index (χ2v) is 6.20. The number of hydrogen-bond donors (Lipinski definition) is 1. The molecule has 1 N–H and O–H groups in total. The standard InChI is InChI=1S/C12H16ClNOS/c1-8(2)12(4-3-11(15)14-12)6-10-5-9(13)7-16-10/h5,7-8H,3-4,6H2,1-2H3,(H,14,15). The third-order valence-electron chi connectivity index (χ3n) is 3.40. The van der Waals surface area contributed by atoms with Crippen LogP contribution in [0.2, 0.25) is 5.02 Å². The van der Waals surface area contributed by atoms with E-state index in [1.54, 1.807) is 11.3 Å². The van der Waals surface area contributed by atoms with Crippen molar-refractivity contribution in [1.82, 2.24) is 5.32 Å². The van der Waals surface area contributed by atoms with Gasteiger partial charge in [-0.15, -0.1) is 11.3 Å². The fourth-order valence-electron chi connectivity index (χ4n) is 2.27. The first-order valence-corrected chi connectivity index (χ1v) is 6.81. The minimum Gasteiger partial charge on any atom is -0.350 e. The SMILES string of the molecule is CC(C)C1(Cc2cc(Cl)cs2)CCC(=O)N1. The lowest BCUT2D eigenvalue weighted by Gasteiger charge is -2.33. The van der Waals surface area contributed by atoms with Crippen molar-refractivity contribution in [1.29, 1.82) is 0 Å². The van der Waals surface area contributed by atoms with Gasteiger partial charge >= 0.3 is 0 Å². The lowest BCUT2D eigenvalue weighted by Crippen LogP contribution is -2.47. The van der Waals surface area contributed by atoms with E-state index in [-0.39, 0.29) is 11.4 Å². The van der Waals surface area contributed by atoms with E-state index < -0.39 is 0 Å². The number of amides is 1. The Hall–Kier alpha value is -0.540. The second-order valence-electron chi connectivity index (χ2n) is 4.77. The summed E-state index contributed by atoms with van der Waals surface area (Å²) in [7, 11) is 0. The van der Waals surface area contributed by atoms with E-state index >= 15 is 0 Å². The van der Waals surface area contributed by atoms with Crippen LogP contribution in [0.4, 0.5) is 0 Å². The number of hydrogen-bond acceptors (Lipinski definition) is 2. The third kappa shape index (κ3) is 2.25. The average molecular weight is 258 g/mol. The van der Waals surface area contributed by atoms with Crippen LogP contribution in [0.3, 0.4) is 0 Å². The summed E-state index contributed by atoms with van der Waals surface area (Å²) in [5.41, 5.74) is -0.0642. The smallest absolute Gasteiger partial charge is 0.220 e. The molecule has 1 unspecified atom stereocenters. The van der Waals surface area contributed by atoms with Crippen molar-refractivity contribution in [2.24, 2.45) is 5.92 Å². The Balaban J connectivity index is 2.18. The van der Waals surface area contributed by atoms with Crippen molar-refractivity contribution in [2.75, 3.05) is 0 Å². The molecule has 0 aromatic carbocycles. The van der Waals surface area contributed by atoms with Crippen LogP contribution in [-0.4, -0.2) is 11.4 Å². The van der Waals surface area contributed by atoms with Gasteiger partial charge in [-0.25, -0.2) is 0 Å². The predicted molar refractivity (Wildman–Crippen MR) is 68.0 cm³/mol. The Kier molecular flexibility index (Phi) is 3.27. The Bertz CT molecular complexity index is 401. The third-order valence-corrected chi connectivity index (χ3v) is 4.69. The molecule has 1 aliphatic rings. The molecule has 0 radical (unpaired) electrons. The lowest BCUT2D eigenvalue weighted by atomic mass is 9.81. The fraction of sp³-hybridized carbons (Fsp3) is 0.583. The van der Waals surface area contributed by atoms with Gasteiger partial charge in [-0.2, -0.15) is 0 Å². The van der Waals surface area contributed by atoms with Gasteiger partial charge in [0.25, 0.3) is 0 Å². The molecular formula is C12H16ClNOS. The van der Waals surface area contributed by atoms with E-state index in [0.717, 1.165) is 17.9 Å². The molecule has 1 atom stereocenters. The van der Waals surface area contributed by atoms with E-state index in [1.165, 1.54) is 4.88 Å². The zero-order valence-electron chi connectivity index (χ0n) is 9.55. The number of carbonyl (C=O) groups is 1. The molecule has 1 saturated heterocycles. The zero-order chi connectivity index (χ0) is 11.8. The van der Waals surface area contributed by atoms with Crippen LogP contribution in [-0.2, 0) is 11.2 Å². The van der Waals surface area contributed by atoms with Crippen molar-refractivity contribution in [3.05, 3.63) is 21.3 Å². The Morgan fingerprint density at radius 3 is 2.81 bits per heavy atom. The largest absolute Gasteiger partial charge is 0.350 e. The van der Waals surface area contributed by atoms with Crippen LogP contribution >= 0.6 is 22.9 Å². The summed E-state index contributed by atoms with van der Waals surface area (Å²) in [4.78, 5) is 12.7. The molecule has 1 aromatic heterocycles. The van der Waals surface area contributed by atoms with Crippen molar-refractivity contribution in [3.63, 3.8) is 0 Å². The first-order chi connectivity index (χ1) is 7.52. The molecule has 2 rings (SSSR count). The first-order valence-electron chi connectivity index (χ1n) is 5.56. The van der Waals surface area contributed by atoms with Crippen LogP contribution in [0.1, 0.15) is 31.6 Å². The molecule has 4 heteroatoms. The average Bonchev–Trinajstić information content (AvgIpc) is 2.75. The van der Waals surface area contributed by atoms with Gasteiger partial charge in [-0.05, 0) is 18.4 Å². The number of nitrogens with one attached hydrogen (secondary N) is 1. The summed E-state index contributed by atoms with van der Waals surface area (Å²) in [5.74, 6) is 0.621. The molecule has 1 aliphatic heterocycles. The van der Waals surface area contributed by atoms with E-state index in [2.05, 4.69) is 19.2 Å². The van der Waals surface area contributed by atoms with Crippen molar-refractivity contribution in [2.45, 2.75) is 38.6 Å². The van der Waals surface area contributed by atoms with E-state index in [9.17, 15) is 4.79 Å². The van der Waals surface area contributed by atoms with Gasteiger partial charge in [0.1, 0.15) is 0 Å². The van der Waals surface area contributed by atoms with Crippen LogP contribution < -0.4 is 5.32 Å². The topological polar surface area (TPSA) is 29.1 Å². The van der Waals surface area contributed by atoms with E-state index in [1.807, 2.05) is 11.4 Å². The highest BCUT2D eigenvalue weighted by Gasteiger charge is 2.40. The van der Waals surface area contributed by atoms with Gasteiger partial charge in [0.05, 0.1) is 5.02 Å². The van der Waals surface area contributed by atoms with Crippen LogP contribution in [0, 0.1) is 5.92 Å². The highest BCUT2D eigenvalue weighted by atomic mass is 35.5. The number of carbonyl (C=O) groups excluding carboxylic acids is 1. The fourth-order valence-corrected chi connectivity index (χ4v) is 3.46. The second kappa shape index (κ2) is 4.38. The van der Waals surface area contributed by atoms with Gasteiger partial charge in [-0.3, -0.25) is 4.79 Å². The summed E-state index contributed by atoms with van der Waals surface area (Å²) >= 11 is 7.59. The van der Waals surface area contributed by atoms with E-state index in [4.69, 9.17) is 11.6 Å². The van der Waals surface area contributed by atoms with Gasteiger partial charge in [0.2, 0.25) is 5.91 Å². The molecule has 1 amide bonds. The molecule has 0 saturated carbocycles. The minimum atomic E-state index is -0.0642. The Morgan fingerprint density at radius 1 is 1.62 bits per heavy atom. The maximum Gasteiger partial charge on any atom is 0.220 e. The lowest BCUT2D eigenvalue weighted by molar-refractivity contribution is -0.120. The van der Waals surface area contributed by atoms with E-state index in [0.29, 0.717) is 12.3 Å². The van der Waals surface area contributed by atoms with Gasteiger partial charge in [0.15, 0.2) is 0 Å². The summed E-state index contributed by atoms with van der Waals surface area (Å²) in [6.45, 7) is 4.33. The molecule has 88 valence electrons.